The molecule has 1 aliphatic heterocycles. The van der Waals surface area contributed by atoms with E-state index in [1.165, 1.54) is 6.92 Å². The number of hydrogen-bond acceptors (Lipinski definition) is 6. The molecule has 0 unspecified atom stereocenters. The highest BCUT2D eigenvalue weighted by Crippen LogP contribution is 2.35. The molecule has 1 N–H and O–H groups in total. The van der Waals surface area contributed by atoms with E-state index < -0.39 is 22.0 Å². The second kappa shape index (κ2) is 8.83. The van der Waals surface area contributed by atoms with Crippen molar-refractivity contribution in [1.82, 2.24) is 0 Å². The third-order valence-corrected chi connectivity index (χ3v) is 5.58. The number of rotatable bonds is 7. The maximum atomic E-state index is 12.9. The average molecular weight is 435 g/mol. The molecular formula is C21H26N2O6S. The Bertz CT molecular complexity index is 1020. The van der Waals surface area contributed by atoms with E-state index in [1.54, 1.807) is 42.5 Å². The fourth-order valence-electron chi connectivity index (χ4n) is 3.14. The first-order valence-electron chi connectivity index (χ1n) is 9.62. The zero-order chi connectivity index (χ0) is 21.9. The van der Waals surface area contributed by atoms with Crippen molar-refractivity contribution in [3.05, 3.63) is 42.5 Å². The number of hydrogen-bond donors (Lipinski definition) is 1. The summed E-state index contributed by atoms with van der Waals surface area (Å²) in [4.78, 5) is 12.9. The molecule has 1 heterocycles. The number of amides is 1. The summed E-state index contributed by atoms with van der Waals surface area (Å²) in [6, 6.07) is 10.7. The normalized spacial score (nSPS) is 14.2. The summed E-state index contributed by atoms with van der Waals surface area (Å²) in [5.74, 6) is 1.12. The lowest BCUT2D eigenvalue weighted by atomic mass is 10.2. The van der Waals surface area contributed by atoms with Gasteiger partial charge in [-0.25, -0.2) is 8.42 Å². The van der Waals surface area contributed by atoms with Crippen LogP contribution in [0.15, 0.2) is 42.5 Å². The van der Waals surface area contributed by atoms with Crippen LogP contribution >= 0.6 is 0 Å². The molecule has 0 saturated carbocycles. The topological polar surface area (TPSA) is 94.2 Å². The quantitative estimate of drug-likeness (QED) is 0.720. The third-order valence-electron chi connectivity index (χ3n) is 4.34. The van der Waals surface area contributed by atoms with Gasteiger partial charge in [0.15, 0.2) is 11.5 Å². The highest BCUT2D eigenvalue weighted by Gasteiger charge is 2.30. The lowest BCUT2D eigenvalue weighted by Gasteiger charge is -2.29. The zero-order valence-corrected chi connectivity index (χ0v) is 18.2. The summed E-state index contributed by atoms with van der Waals surface area (Å²) in [5, 5.41) is 2.76. The van der Waals surface area contributed by atoms with E-state index in [1.807, 2.05) is 13.8 Å². The van der Waals surface area contributed by atoms with Gasteiger partial charge in [0, 0.05) is 17.8 Å². The molecule has 8 nitrogen and oxygen atoms in total. The van der Waals surface area contributed by atoms with Gasteiger partial charge >= 0.3 is 0 Å². The first kappa shape index (κ1) is 21.8. The summed E-state index contributed by atoms with van der Waals surface area (Å²) in [5.41, 5.74) is 0.835. The van der Waals surface area contributed by atoms with Crippen LogP contribution in [0, 0.1) is 0 Å². The van der Waals surface area contributed by atoms with Crippen LogP contribution in [0.3, 0.4) is 0 Å². The minimum atomic E-state index is -3.75. The van der Waals surface area contributed by atoms with Crippen LogP contribution in [0.1, 0.15) is 20.8 Å². The molecular weight excluding hydrogens is 408 g/mol. The molecule has 0 radical (unpaired) electrons. The van der Waals surface area contributed by atoms with Gasteiger partial charge in [-0.3, -0.25) is 9.10 Å². The Kier molecular flexibility index (Phi) is 6.40. The monoisotopic (exact) mass is 434 g/mol. The molecule has 2 aromatic rings. The number of anilines is 2. The molecule has 0 aromatic heterocycles. The van der Waals surface area contributed by atoms with Crippen LogP contribution in [0.5, 0.6) is 17.2 Å². The van der Waals surface area contributed by atoms with Crippen molar-refractivity contribution in [2.75, 3.05) is 29.1 Å². The molecule has 2 aromatic carbocycles. The summed E-state index contributed by atoms with van der Waals surface area (Å²) in [6.45, 7) is 6.15. The van der Waals surface area contributed by atoms with Gasteiger partial charge in [0.25, 0.3) is 0 Å². The molecule has 1 aliphatic rings. The molecule has 1 amide bonds. The van der Waals surface area contributed by atoms with Crippen LogP contribution in [0.4, 0.5) is 11.4 Å². The second-order valence-electron chi connectivity index (χ2n) is 7.25. The molecule has 0 spiro atoms. The van der Waals surface area contributed by atoms with Gasteiger partial charge in [0.05, 0.1) is 18.0 Å². The van der Waals surface area contributed by atoms with Crippen molar-refractivity contribution in [2.45, 2.75) is 32.9 Å². The highest BCUT2D eigenvalue weighted by atomic mass is 32.2. The van der Waals surface area contributed by atoms with Crippen molar-refractivity contribution in [3.8, 4) is 17.2 Å². The molecule has 30 heavy (non-hydrogen) atoms. The number of ether oxygens (including phenoxy) is 3. The molecule has 9 heteroatoms. The summed E-state index contributed by atoms with van der Waals surface area (Å²) >= 11 is 0. The van der Waals surface area contributed by atoms with Crippen LogP contribution in [-0.2, 0) is 14.8 Å². The third kappa shape index (κ3) is 5.15. The maximum absolute atomic E-state index is 12.9. The van der Waals surface area contributed by atoms with E-state index in [0.29, 0.717) is 41.8 Å². The zero-order valence-electron chi connectivity index (χ0n) is 17.4. The lowest BCUT2D eigenvalue weighted by Crippen LogP contribution is -2.45. The lowest BCUT2D eigenvalue weighted by molar-refractivity contribution is -0.116. The van der Waals surface area contributed by atoms with Gasteiger partial charge in [0.2, 0.25) is 15.9 Å². The Morgan fingerprint density at radius 1 is 1.07 bits per heavy atom. The fourth-order valence-corrected chi connectivity index (χ4v) is 4.31. The van der Waals surface area contributed by atoms with Gasteiger partial charge < -0.3 is 19.5 Å². The van der Waals surface area contributed by atoms with E-state index in [0.717, 1.165) is 10.6 Å². The number of carbonyl (C=O) groups excluding carboxylic acids is 1. The number of carbonyl (C=O) groups is 1. The SMILES string of the molecule is CC(C)Oc1cccc(NC(=O)[C@@H](C)N(c2ccc3c(c2)OCCO3)S(C)(=O)=O)c1. The second-order valence-corrected chi connectivity index (χ2v) is 9.11. The molecule has 162 valence electrons. The average Bonchev–Trinajstić information content (AvgIpc) is 2.66. The van der Waals surface area contributed by atoms with Gasteiger partial charge in [-0.1, -0.05) is 6.07 Å². The van der Waals surface area contributed by atoms with Crippen molar-refractivity contribution in [3.63, 3.8) is 0 Å². The van der Waals surface area contributed by atoms with Gasteiger partial charge in [-0.15, -0.1) is 0 Å². The Morgan fingerprint density at radius 3 is 2.43 bits per heavy atom. The molecule has 0 fully saturated rings. The van der Waals surface area contributed by atoms with Crippen molar-refractivity contribution in [1.29, 1.82) is 0 Å². The maximum Gasteiger partial charge on any atom is 0.247 e. The number of fused-ring (bicyclic) bond motifs is 1. The standard InChI is InChI=1S/C21H26N2O6S/c1-14(2)29-18-7-5-6-16(12-18)22-21(24)15(3)23(30(4,25)26)17-8-9-19-20(13-17)28-11-10-27-19/h5-9,12-15H,10-11H2,1-4H3,(H,22,24)/t15-/m1/s1. The predicted molar refractivity (Wildman–Crippen MR) is 115 cm³/mol. The Balaban J connectivity index is 1.84. The number of nitrogens with one attached hydrogen (secondary N) is 1. The van der Waals surface area contributed by atoms with E-state index in [-0.39, 0.29) is 6.10 Å². The molecule has 0 bridgehead atoms. The van der Waals surface area contributed by atoms with E-state index >= 15 is 0 Å². The van der Waals surface area contributed by atoms with Crippen LogP contribution in [0.2, 0.25) is 0 Å². The largest absolute Gasteiger partial charge is 0.491 e. The predicted octanol–water partition coefficient (Wildman–Crippen LogP) is 3.04. The smallest absolute Gasteiger partial charge is 0.247 e. The Labute approximate surface area is 176 Å². The molecule has 0 saturated heterocycles. The summed E-state index contributed by atoms with van der Waals surface area (Å²) < 4.78 is 42.8. The van der Waals surface area contributed by atoms with Crippen LogP contribution in [0.25, 0.3) is 0 Å². The molecule has 1 atom stereocenters. The van der Waals surface area contributed by atoms with E-state index in [4.69, 9.17) is 14.2 Å². The minimum absolute atomic E-state index is 0.00851. The summed E-state index contributed by atoms with van der Waals surface area (Å²) in [6.07, 6.45) is 1.05. The van der Waals surface area contributed by atoms with Crippen molar-refractivity contribution in [2.24, 2.45) is 0 Å². The Hall–Kier alpha value is -2.94. The summed E-state index contributed by atoms with van der Waals surface area (Å²) in [7, 11) is -3.75. The first-order chi connectivity index (χ1) is 14.1. The number of sulfonamides is 1. The Morgan fingerprint density at radius 2 is 1.77 bits per heavy atom. The molecule has 3 rings (SSSR count). The van der Waals surface area contributed by atoms with Crippen molar-refractivity contribution < 1.29 is 27.4 Å². The van der Waals surface area contributed by atoms with E-state index in [9.17, 15) is 13.2 Å². The molecule has 0 aliphatic carbocycles. The first-order valence-corrected chi connectivity index (χ1v) is 11.5. The van der Waals surface area contributed by atoms with Gasteiger partial charge in [0.1, 0.15) is 25.0 Å². The van der Waals surface area contributed by atoms with Crippen molar-refractivity contribution >= 4 is 27.3 Å². The van der Waals surface area contributed by atoms with Crippen LogP contribution in [-0.4, -0.2) is 45.9 Å². The number of benzene rings is 2. The highest BCUT2D eigenvalue weighted by molar-refractivity contribution is 7.92. The minimum Gasteiger partial charge on any atom is -0.491 e. The van der Waals surface area contributed by atoms with Gasteiger partial charge in [-0.2, -0.15) is 0 Å². The number of nitrogens with zero attached hydrogens (tertiary/aromatic N) is 1. The van der Waals surface area contributed by atoms with E-state index in [2.05, 4.69) is 5.32 Å². The fraction of sp³-hybridized carbons (Fsp3) is 0.381. The van der Waals surface area contributed by atoms with Gasteiger partial charge in [-0.05, 0) is 45.0 Å². The van der Waals surface area contributed by atoms with Crippen LogP contribution < -0.4 is 23.8 Å².